The number of ether oxygens (including phenoxy) is 1. The van der Waals surface area contributed by atoms with Crippen LogP contribution >= 0.6 is 0 Å². The topological polar surface area (TPSA) is 254 Å². The molecule has 6 rings (SSSR count). The number of primary amides is 1. The minimum Gasteiger partial charge on any atom is -0.445 e. The van der Waals surface area contributed by atoms with E-state index in [4.69, 9.17) is 10.5 Å². The predicted molar refractivity (Wildman–Crippen MR) is 221 cm³/mol. The number of nitrogens with two attached hydrogens (primary N) is 1. The summed E-state index contributed by atoms with van der Waals surface area (Å²) in [6.45, 7) is 3.40. The van der Waals surface area contributed by atoms with Gasteiger partial charge in [-0.1, -0.05) is 67.6 Å². The van der Waals surface area contributed by atoms with Crippen molar-refractivity contribution in [3.63, 3.8) is 0 Å². The van der Waals surface area contributed by atoms with Crippen LogP contribution in [0.3, 0.4) is 0 Å². The van der Waals surface area contributed by atoms with E-state index in [0.717, 1.165) is 37.7 Å². The molecule has 4 atom stereocenters. The molecule has 1 saturated carbocycles. The number of carbonyl (C=O) groups is 6. The summed E-state index contributed by atoms with van der Waals surface area (Å²) in [6, 6.07) is 11.7. The number of carbonyl (C=O) groups excluding carboxylic acids is 6. The summed E-state index contributed by atoms with van der Waals surface area (Å²) in [5, 5.41) is 27.4. The summed E-state index contributed by atoms with van der Waals surface area (Å²) in [4.78, 5) is 90.7. The van der Waals surface area contributed by atoms with Crippen molar-refractivity contribution in [1.29, 1.82) is 0 Å². The molecule has 2 fully saturated rings. The van der Waals surface area contributed by atoms with E-state index in [9.17, 15) is 33.9 Å². The molecule has 0 radical (unpaired) electrons. The summed E-state index contributed by atoms with van der Waals surface area (Å²) in [7, 11) is 0. The van der Waals surface area contributed by atoms with Crippen molar-refractivity contribution in [1.82, 2.24) is 45.8 Å². The van der Waals surface area contributed by atoms with E-state index in [1.165, 1.54) is 15.8 Å². The van der Waals surface area contributed by atoms with Crippen LogP contribution in [0.1, 0.15) is 106 Å². The van der Waals surface area contributed by atoms with Crippen LogP contribution in [0.25, 0.3) is 11.0 Å². The number of likely N-dealkylation sites (tertiary alicyclic amines) is 1. The van der Waals surface area contributed by atoms with Crippen molar-refractivity contribution in [3.05, 3.63) is 83.9 Å². The maximum atomic E-state index is 14.9. The second-order valence-corrected chi connectivity index (χ2v) is 16.3. The van der Waals surface area contributed by atoms with Gasteiger partial charge in [-0.05, 0) is 75.3 Å². The molecule has 1 aliphatic heterocycles. The lowest BCUT2D eigenvalue weighted by Gasteiger charge is -2.32. The molecule has 4 heterocycles. The number of hydrogen-bond donors (Lipinski definition) is 5. The number of nitrogens with one attached hydrogen (secondary N) is 3. The summed E-state index contributed by atoms with van der Waals surface area (Å²) >= 11 is 0. The van der Waals surface area contributed by atoms with E-state index < -0.39 is 65.3 Å². The Labute approximate surface area is 353 Å². The van der Waals surface area contributed by atoms with E-state index in [1.54, 1.807) is 44.3 Å². The van der Waals surface area contributed by atoms with Crippen LogP contribution in [0.4, 0.5) is 4.79 Å². The van der Waals surface area contributed by atoms with Crippen LogP contribution in [0.15, 0.2) is 67.0 Å². The minimum atomic E-state index is -1.37. The quantitative estimate of drug-likeness (QED) is 0.0717. The molecule has 3 aromatic heterocycles. The Bertz CT molecular complexity index is 2190. The van der Waals surface area contributed by atoms with E-state index in [0.29, 0.717) is 36.0 Å². The summed E-state index contributed by atoms with van der Waals surface area (Å²) in [6.07, 6.45) is 8.27. The van der Waals surface area contributed by atoms with Crippen molar-refractivity contribution in [2.75, 3.05) is 13.1 Å². The van der Waals surface area contributed by atoms with Crippen LogP contribution < -0.4 is 21.7 Å². The Morgan fingerprint density at radius 2 is 1.70 bits per heavy atom. The van der Waals surface area contributed by atoms with Gasteiger partial charge in [0, 0.05) is 25.7 Å². The van der Waals surface area contributed by atoms with Crippen LogP contribution in [-0.4, -0.2) is 102 Å². The number of aliphatic hydroxyl groups is 1. The lowest BCUT2D eigenvalue weighted by Crippen LogP contribution is -2.56. The molecular weight excluding hydrogens is 785 g/mol. The van der Waals surface area contributed by atoms with E-state index in [-0.39, 0.29) is 44.1 Å². The number of nitrogens with zero attached hydrogens (tertiary/aromatic N) is 6. The maximum absolute atomic E-state index is 14.9. The summed E-state index contributed by atoms with van der Waals surface area (Å²) < 4.78 is 6.72. The number of amides is 5. The third-order valence-electron chi connectivity index (χ3n) is 11.3. The Balaban J connectivity index is 1.19. The number of pyridine rings is 2. The molecule has 2 aliphatic rings. The molecule has 4 aromatic rings. The number of hydrogen-bond acceptors (Lipinski definition) is 12. The molecule has 1 saturated heterocycles. The van der Waals surface area contributed by atoms with Crippen LogP contribution in [0.2, 0.25) is 0 Å². The second kappa shape index (κ2) is 20.3. The van der Waals surface area contributed by atoms with Crippen LogP contribution in [0, 0.1) is 5.92 Å². The van der Waals surface area contributed by atoms with Gasteiger partial charge in [0.05, 0.1) is 35.0 Å². The fraction of sp³-hybridized carbons (Fsp3) is 0.488. The SMILES string of the molecule is CC(C)(O)c1cnnn1[C@H]1C[C@@H](C(=O)NC(CCCCNC(=O)OCc2ccccc2)C(=O)C(N)=O)N(C(=O)[C@@H](CC2CCCCC2)NC(=O)c2ccc3ncccc3n2)C1. The van der Waals surface area contributed by atoms with Crippen LogP contribution in [-0.2, 0) is 36.1 Å². The summed E-state index contributed by atoms with van der Waals surface area (Å²) in [5.74, 6) is -3.92. The first-order valence-electron chi connectivity index (χ1n) is 20.8. The number of benzene rings is 1. The molecule has 1 aliphatic carbocycles. The van der Waals surface area contributed by atoms with Crippen molar-refractivity contribution in [2.45, 2.75) is 114 Å². The van der Waals surface area contributed by atoms with Gasteiger partial charge in [0.15, 0.2) is 0 Å². The zero-order valence-electron chi connectivity index (χ0n) is 34.5. The molecule has 1 unspecified atom stereocenters. The van der Waals surface area contributed by atoms with Crippen molar-refractivity contribution in [2.24, 2.45) is 11.7 Å². The molecule has 61 heavy (non-hydrogen) atoms. The van der Waals surface area contributed by atoms with Gasteiger partial charge in [-0.3, -0.25) is 29.0 Å². The highest BCUT2D eigenvalue weighted by atomic mass is 16.5. The Hall–Kier alpha value is -6.30. The van der Waals surface area contributed by atoms with Gasteiger partial charge in [0.25, 0.3) is 11.8 Å². The highest BCUT2D eigenvalue weighted by Crippen LogP contribution is 2.33. The largest absolute Gasteiger partial charge is 0.445 e. The lowest BCUT2D eigenvalue weighted by atomic mass is 9.84. The average molecular weight is 839 g/mol. The number of fused-ring (bicyclic) bond motifs is 1. The Morgan fingerprint density at radius 3 is 2.44 bits per heavy atom. The van der Waals surface area contributed by atoms with Crippen molar-refractivity contribution >= 4 is 46.5 Å². The van der Waals surface area contributed by atoms with Gasteiger partial charge in [0.2, 0.25) is 17.6 Å². The van der Waals surface area contributed by atoms with Crippen molar-refractivity contribution < 1.29 is 38.6 Å². The molecule has 18 heteroatoms. The smallest absolute Gasteiger partial charge is 0.407 e. The fourth-order valence-corrected chi connectivity index (χ4v) is 8.07. The molecule has 6 N–H and O–H groups in total. The zero-order chi connectivity index (χ0) is 43.5. The standard InChI is InChI=1S/C43H54N10O8/c1-43(2,60)36-24-47-51-53(36)29-23-35(40(57)49-32(37(54)38(44)55)16-9-10-20-46-42(59)61-26-28-14-7-4-8-15-28)52(25-29)41(58)34(22-27-12-5-3-6-13-27)50-39(56)33-19-18-30-31(48-33)17-11-21-45-30/h4,7-8,11,14-15,17-19,21,24,27,29,32,34-35,60H,3,5-6,9-10,12-13,16,20,22-23,25-26H2,1-2H3,(H2,44,55)(H,46,59)(H,49,57)(H,50,56)/t29-,32?,34+,35-/m0/s1. The van der Waals surface area contributed by atoms with Gasteiger partial charge in [-0.25, -0.2) is 14.5 Å². The molecule has 18 nitrogen and oxygen atoms in total. The van der Waals surface area contributed by atoms with Crippen LogP contribution in [0.5, 0.6) is 0 Å². The maximum Gasteiger partial charge on any atom is 0.407 e. The number of alkyl carbamates (subject to hydrolysis) is 1. The van der Waals surface area contributed by atoms with Gasteiger partial charge in [-0.15, -0.1) is 5.10 Å². The molecule has 0 spiro atoms. The summed E-state index contributed by atoms with van der Waals surface area (Å²) in [5.41, 5.74) is 6.45. The Kier molecular flexibility index (Phi) is 14.7. The third kappa shape index (κ3) is 11.7. The van der Waals surface area contributed by atoms with Gasteiger partial charge >= 0.3 is 6.09 Å². The first kappa shape index (κ1) is 44.3. The molecule has 324 valence electrons. The highest BCUT2D eigenvalue weighted by molar-refractivity contribution is 6.37. The number of Topliss-reactive ketones (excluding diaryl/α,β-unsaturated/α-hetero) is 1. The van der Waals surface area contributed by atoms with Gasteiger partial charge in [0.1, 0.15) is 30.0 Å². The molecule has 0 bridgehead atoms. The average Bonchev–Trinajstić information content (AvgIpc) is 3.94. The third-order valence-corrected chi connectivity index (χ3v) is 11.3. The fourth-order valence-electron chi connectivity index (χ4n) is 8.07. The monoisotopic (exact) mass is 838 g/mol. The number of ketones is 1. The molecular formula is C43H54N10O8. The van der Waals surface area contributed by atoms with E-state index in [2.05, 4.69) is 36.2 Å². The number of aromatic nitrogens is 5. The first-order chi connectivity index (χ1) is 29.3. The first-order valence-corrected chi connectivity index (χ1v) is 20.8. The van der Waals surface area contributed by atoms with Crippen molar-refractivity contribution in [3.8, 4) is 0 Å². The molecule has 5 amide bonds. The van der Waals surface area contributed by atoms with E-state index in [1.807, 2.05) is 30.3 Å². The second-order valence-electron chi connectivity index (χ2n) is 16.3. The Morgan fingerprint density at radius 1 is 0.934 bits per heavy atom. The van der Waals surface area contributed by atoms with Gasteiger partial charge < -0.3 is 36.4 Å². The van der Waals surface area contributed by atoms with E-state index >= 15 is 0 Å². The predicted octanol–water partition coefficient (Wildman–Crippen LogP) is 3.00. The molecule has 1 aromatic carbocycles. The lowest BCUT2D eigenvalue weighted by molar-refractivity contribution is -0.142. The number of unbranched alkanes of at least 4 members (excludes halogenated alkanes) is 1. The minimum absolute atomic E-state index is 0.0128. The normalized spacial score (nSPS) is 17.9. The zero-order valence-corrected chi connectivity index (χ0v) is 34.5. The van der Waals surface area contributed by atoms with Gasteiger partial charge in [-0.2, -0.15) is 0 Å². The number of rotatable bonds is 18. The highest BCUT2D eigenvalue weighted by Gasteiger charge is 2.45.